The van der Waals surface area contributed by atoms with Gasteiger partial charge < -0.3 is 10.4 Å². The number of halogens is 3. The van der Waals surface area contributed by atoms with Gasteiger partial charge in [0, 0.05) is 11.6 Å². The van der Waals surface area contributed by atoms with Crippen molar-refractivity contribution in [2.24, 2.45) is 0 Å². The smallest absolute Gasteiger partial charge is 0.251 e. The van der Waals surface area contributed by atoms with Crippen LogP contribution in [-0.4, -0.2) is 23.2 Å². The van der Waals surface area contributed by atoms with Crippen molar-refractivity contribution >= 4 is 5.91 Å². The average molecular weight is 261 g/mol. The quantitative estimate of drug-likeness (QED) is 0.814. The summed E-state index contributed by atoms with van der Waals surface area (Å²) in [5.74, 6) is -5.16. The molecule has 0 bridgehead atoms. The predicted molar refractivity (Wildman–Crippen MR) is 59.5 cm³/mol. The number of aliphatic hydroxyl groups excluding tert-OH is 1. The Hall–Kier alpha value is -1.56. The first-order chi connectivity index (χ1) is 8.31. The van der Waals surface area contributed by atoms with Crippen molar-refractivity contribution in [3.8, 4) is 0 Å². The molecule has 0 heterocycles. The molecule has 3 nitrogen and oxygen atoms in total. The van der Waals surface area contributed by atoms with Crippen molar-refractivity contribution in [2.75, 3.05) is 0 Å². The maximum absolute atomic E-state index is 12.9. The van der Waals surface area contributed by atoms with E-state index in [0.29, 0.717) is 18.6 Å². The zero-order valence-electron chi connectivity index (χ0n) is 10.0. The lowest BCUT2D eigenvalue weighted by Crippen LogP contribution is -2.34. The standard InChI is InChI=1S/C12H14F3NO2/c1-6(3-7(2)17)16-12(18)8-4-9(13)11(15)10(14)5-8/h4-7,17H,3H2,1-2H3,(H,16,18). The van der Waals surface area contributed by atoms with Gasteiger partial charge in [-0.05, 0) is 32.4 Å². The van der Waals surface area contributed by atoms with Crippen molar-refractivity contribution in [3.05, 3.63) is 35.1 Å². The van der Waals surface area contributed by atoms with Crippen LogP contribution in [0.4, 0.5) is 13.2 Å². The number of hydrogen-bond acceptors (Lipinski definition) is 2. The van der Waals surface area contributed by atoms with Crippen molar-refractivity contribution in [1.82, 2.24) is 5.32 Å². The lowest BCUT2D eigenvalue weighted by atomic mass is 10.1. The molecule has 0 aliphatic heterocycles. The van der Waals surface area contributed by atoms with Gasteiger partial charge in [-0.15, -0.1) is 0 Å². The van der Waals surface area contributed by atoms with Crippen molar-refractivity contribution < 1.29 is 23.1 Å². The van der Waals surface area contributed by atoms with Crippen LogP contribution in [0.5, 0.6) is 0 Å². The second-order valence-corrected chi connectivity index (χ2v) is 4.21. The highest BCUT2D eigenvalue weighted by molar-refractivity contribution is 5.94. The van der Waals surface area contributed by atoms with E-state index in [1.807, 2.05) is 0 Å². The summed E-state index contributed by atoms with van der Waals surface area (Å²) in [7, 11) is 0. The maximum Gasteiger partial charge on any atom is 0.251 e. The first kappa shape index (κ1) is 14.5. The fourth-order valence-corrected chi connectivity index (χ4v) is 1.56. The van der Waals surface area contributed by atoms with Crippen molar-refractivity contribution in [3.63, 3.8) is 0 Å². The summed E-state index contributed by atoms with van der Waals surface area (Å²) < 4.78 is 38.5. The van der Waals surface area contributed by atoms with E-state index in [4.69, 9.17) is 5.11 Å². The van der Waals surface area contributed by atoms with Crippen LogP contribution in [0.2, 0.25) is 0 Å². The molecule has 18 heavy (non-hydrogen) atoms. The molecule has 0 fully saturated rings. The molecule has 0 aromatic heterocycles. The second-order valence-electron chi connectivity index (χ2n) is 4.21. The molecule has 1 amide bonds. The molecular weight excluding hydrogens is 247 g/mol. The minimum absolute atomic E-state index is 0.302. The molecule has 0 aliphatic carbocycles. The number of carbonyl (C=O) groups excluding carboxylic acids is 1. The fraction of sp³-hybridized carbons (Fsp3) is 0.417. The molecule has 2 N–H and O–H groups in total. The van der Waals surface area contributed by atoms with E-state index in [1.54, 1.807) is 13.8 Å². The fourth-order valence-electron chi connectivity index (χ4n) is 1.56. The van der Waals surface area contributed by atoms with Crippen LogP contribution in [-0.2, 0) is 0 Å². The highest BCUT2D eigenvalue weighted by atomic mass is 19.2. The molecule has 100 valence electrons. The highest BCUT2D eigenvalue weighted by Gasteiger charge is 2.16. The Bertz CT molecular complexity index is 426. The highest BCUT2D eigenvalue weighted by Crippen LogP contribution is 2.13. The number of carbonyl (C=O) groups is 1. The summed E-state index contributed by atoms with van der Waals surface area (Å²) in [5, 5.41) is 11.6. The van der Waals surface area contributed by atoms with Crippen LogP contribution < -0.4 is 5.32 Å². The van der Waals surface area contributed by atoms with Crippen LogP contribution in [0.3, 0.4) is 0 Å². The number of benzene rings is 1. The van der Waals surface area contributed by atoms with Gasteiger partial charge in [0.15, 0.2) is 17.5 Å². The van der Waals surface area contributed by atoms with Gasteiger partial charge in [0.05, 0.1) is 6.10 Å². The number of nitrogens with one attached hydrogen (secondary N) is 1. The maximum atomic E-state index is 12.9. The van der Waals surface area contributed by atoms with Crippen LogP contribution in [0.25, 0.3) is 0 Å². The van der Waals surface area contributed by atoms with Crippen LogP contribution in [0, 0.1) is 17.5 Å². The van der Waals surface area contributed by atoms with E-state index >= 15 is 0 Å². The number of aliphatic hydroxyl groups is 1. The number of rotatable bonds is 4. The van der Waals surface area contributed by atoms with Gasteiger partial charge in [-0.1, -0.05) is 0 Å². The van der Waals surface area contributed by atoms with Gasteiger partial charge in [0.1, 0.15) is 0 Å². The van der Waals surface area contributed by atoms with E-state index in [2.05, 4.69) is 5.32 Å². The van der Waals surface area contributed by atoms with Crippen LogP contribution in [0.1, 0.15) is 30.6 Å². The van der Waals surface area contributed by atoms with E-state index in [1.165, 1.54) is 0 Å². The third-order valence-electron chi connectivity index (χ3n) is 2.32. The normalized spacial score (nSPS) is 14.1. The summed E-state index contributed by atoms with van der Waals surface area (Å²) in [4.78, 5) is 11.6. The van der Waals surface area contributed by atoms with Crippen molar-refractivity contribution in [1.29, 1.82) is 0 Å². The molecule has 1 aromatic carbocycles. The number of amides is 1. The average Bonchev–Trinajstić information content (AvgIpc) is 2.23. The second kappa shape index (κ2) is 5.86. The zero-order valence-corrected chi connectivity index (χ0v) is 10.0. The Morgan fingerprint density at radius 2 is 1.78 bits per heavy atom. The molecule has 1 aromatic rings. The molecule has 2 atom stereocenters. The molecule has 0 radical (unpaired) electrons. The van der Waals surface area contributed by atoms with E-state index in [9.17, 15) is 18.0 Å². The molecular formula is C12H14F3NO2. The lowest BCUT2D eigenvalue weighted by molar-refractivity contribution is 0.0922. The first-order valence-corrected chi connectivity index (χ1v) is 5.44. The van der Waals surface area contributed by atoms with Crippen LogP contribution in [0.15, 0.2) is 12.1 Å². The summed E-state index contributed by atoms with van der Waals surface area (Å²) in [6, 6.07) is 0.889. The molecule has 0 saturated carbocycles. The monoisotopic (exact) mass is 261 g/mol. The Balaban J connectivity index is 2.79. The first-order valence-electron chi connectivity index (χ1n) is 5.44. The minimum atomic E-state index is -1.61. The van der Waals surface area contributed by atoms with Gasteiger partial charge in [-0.2, -0.15) is 0 Å². The largest absolute Gasteiger partial charge is 0.393 e. The van der Waals surface area contributed by atoms with Gasteiger partial charge in [0.2, 0.25) is 0 Å². The van der Waals surface area contributed by atoms with Crippen LogP contribution >= 0.6 is 0 Å². The SMILES string of the molecule is CC(O)CC(C)NC(=O)c1cc(F)c(F)c(F)c1. The summed E-state index contributed by atoms with van der Waals surface area (Å²) in [5.41, 5.74) is -0.302. The summed E-state index contributed by atoms with van der Waals surface area (Å²) in [6.07, 6.45) is -0.306. The number of hydrogen-bond donors (Lipinski definition) is 2. The Morgan fingerprint density at radius 3 is 2.22 bits per heavy atom. The van der Waals surface area contributed by atoms with Gasteiger partial charge in [0.25, 0.3) is 5.91 Å². The van der Waals surface area contributed by atoms with Gasteiger partial charge in [-0.3, -0.25) is 4.79 Å². The van der Waals surface area contributed by atoms with E-state index in [-0.39, 0.29) is 11.6 Å². The minimum Gasteiger partial charge on any atom is -0.393 e. The summed E-state index contributed by atoms with van der Waals surface area (Å²) in [6.45, 7) is 3.20. The third kappa shape index (κ3) is 3.73. The molecule has 6 heteroatoms. The molecule has 2 unspecified atom stereocenters. The van der Waals surface area contributed by atoms with Crippen molar-refractivity contribution in [2.45, 2.75) is 32.4 Å². The zero-order chi connectivity index (χ0) is 13.9. The topological polar surface area (TPSA) is 49.3 Å². The van der Waals surface area contributed by atoms with Gasteiger partial charge in [-0.25, -0.2) is 13.2 Å². The Morgan fingerprint density at radius 1 is 1.28 bits per heavy atom. The predicted octanol–water partition coefficient (Wildman–Crippen LogP) is 1.99. The molecule has 1 rings (SSSR count). The van der Waals surface area contributed by atoms with E-state index in [0.717, 1.165) is 0 Å². The Labute approximate surface area is 103 Å². The molecule has 0 spiro atoms. The molecule has 0 aliphatic rings. The molecule has 0 saturated heterocycles. The van der Waals surface area contributed by atoms with Gasteiger partial charge >= 0.3 is 0 Å². The van der Waals surface area contributed by atoms with E-state index < -0.39 is 29.5 Å². The summed E-state index contributed by atoms with van der Waals surface area (Å²) >= 11 is 0. The Kier molecular flexibility index (Phi) is 4.72. The lowest BCUT2D eigenvalue weighted by Gasteiger charge is -2.15. The third-order valence-corrected chi connectivity index (χ3v) is 2.32.